The number of hydrogen-bond acceptors (Lipinski definition) is 3. The Morgan fingerprint density at radius 3 is 2.39 bits per heavy atom. The van der Waals surface area contributed by atoms with Crippen molar-refractivity contribution in [3.63, 3.8) is 0 Å². The third kappa shape index (κ3) is 1.53. The van der Waals surface area contributed by atoms with Crippen molar-refractivity contribution in [1.82, 2.24) is 0 Å². The Morgan fingerprint density at radius 2 is 1.78 bits per heavy atom. The summed E-state index contributed by atoms with van der Waals surface area (Å²) in [5.41, 5.74) is -0.518. The van der Waals surface area contributed by atoms with Crippen molar-refractivity contribution in [2.24, 2.45) is 35.0 Å². The molecular formula is C15H26O3. The Morgan fingerprint density at radius 1 is 1.06 bits per heavy atom. The van der Waals surface area contributed by atoms with Gasteiger partial charge in [0.1, 0.15) is 0 Å². The van der Waals surface area contributed by atoms with Gasteiger partial charge in [-0.25, -0.2) is 0 Å². The molecule has 0 radical (unpaired) electrons. The summed E-state index contributed by atoms with van der Waals surface area (Å²) in [4.78, 5) is 0. The van der Waals surface area contributed by atoms with Crippen LogP contribution in [0.5, 0.6) is 0 Å². The van der Waals surface area contributed by atoms with Crippen LogP contribution in [0.3, 0.4) is 0 Å². The van der Waals surface area contributed by atoms with Crippen molar-refractivity contribution in [2.75, 3.05) is 13.2 Å². The van der Waals surface area contributed by atoms with Crippen molar-refractivity contribution in [3.05, 3.63) is 0 Å². The molecule has 3 N–H and O–H groups in total. The number of rotatable bonds is 2. The Balaban J connectivity index is 1.93. The zero-order chi connectivity index (χ0) is 13.1. The Kier molecular flexibility index (Phi) is 2.82. The Bertz CT molecular complexity index is 341. The number of fused-ring (bicyclic) bond motifs is 3. The molecule has 3 aliphatic rings. The molecule has 3 nitrogen and oxygen atoms in total. The van der Waals surface area contributed by atoms with E-state index in [1.54, 1.807) is 0 Å². The van der Waals surface area contributed by atoms with Crippen LogP contribution >= 0.6 is 0 Å². The maximum atomic E-state index is 10.7. The molecule has 3 saturated carbocycles. The van der Waals surface area contributed by atoms with E-state index in [0.29, 0.717) is 29.6 Å². The van der Waals surface area contributed by atoms with Gasteiger partial charge in [-0.3, -0.25) is 0 Å². The largest absolute Gasteiger partial charge is 0.396 e. The quantitative estimate of drug-likeness (QED) is 0.698. The summed E-state index contributed by atoms with van der Waals surface area (Å²) in [6.07, 6.45) is 3.95. The zero-order valence-electron chi connectivity index (χ0n) is 11.5. The van der Waals surface area contributed by atoms with Crippen molar-refractivity contribution in [1.29, 1.82) is 0 Å². The first-order chi connectivity index (χ1) is 8.45. The van der Waals surface area contributed by atoms with E-state index in [4.69, 9.17) is 0 Å². The topological polar surface area (TPSA) is 60.7 Å². The van der Waals surface area contributed by atoms with Gasteiger partial charge in [0.25, 0.3) is 0 Å². The predicted octanol–water partition coefficient (Wildman–Crippen LogP) is 1.41. The SMILES string of the molecule is C[C@]1(CO)[C@@H]2[C@H]3[C@@H](CO)CC[C@H]3[C@](C)(O)CC[C@@H]21. The molecular weight excluding hydrogens is 228 g/mol. The van der Waals surface area contributed by atoms with Gasteiger partial charge in [0.2, 0.25) is 0 Å². The summed E-state index contributed by atoms with van der Waals surface area (Å²) in [5, 5.41) is 29.9. The van der Waals surface area contributed by atoms with Crippen LogP contribution in [0.15, 0.2) is 0 Å². The van der Waals surface area contributed by atoms with E-state index in [9.17, 15) is 15.3 Å². The minimum absolute atomic E-state index is 0.0528. The molecule has 0 unspecified atom stereocenters. The lowest BCUT2D eigenvalue weighted by molar-refractivity contribution is -0.0361. The molecule has 0 aromatic rings. The summed E-state index contributed by atoms with van der Waals surface area (Å²) in [6.45, 7) is 4.66. The summed E-state index contributed by atoms with van der Waals surface area (Å²) in [7, 11) is 0. The monoisotopic (exact) mass is 254 g/mol. The third-order valence-electron chi connectivity index (χ3n) is 6.54. The molecule has 0 aliphatic heterocycles. The fraction of sp³-hybridized carbons (Fsp3) is 1.00. The molecule has 0 amide bonds. The van der Waals surface area contributed by atoms with Crippen LogP contribution in [0.4, 0.5) is 0 Å². The van der Waals surface area contributed by atoms with Crippen LogP contribution in [0.2, 0.25) is 0 Å². The highest BCUT2D eigenvalue weighted by Crippen LogP contribution is 2.71. The van der Waals surface area contributed by atoms with Crippen LogP contribution in [0, 0.1) is 35.0 Å². The molecule has 3 heteroatoms. The highest BCUT2D eigenvalue weighted by atomic mass is 16.3. The summed E-state index contributed by atoms with van der Waals surface area (Å²) in [5.74, 6) is 2.13. The lowest BCUT2D eigenvalue weighted by Gasteiger charge is -2.36. The molecule has 104 valence electrons. The molecule has 0 aromatic heterocycles. The molecule has 0 aromatic carbocycles. The summed E-state index contributed by atoms with van der Waals surface area (Å²) >= 11 is 0. The van der Waals surface area contributed by atoms with E-state index >= 15 is 0 Å². The molecule has 3 aliphatic carbocycles. The van der Waals surface area contributed by atoms with Crippen molar-refractivity contribution in [2.45, 2.75) is 45.1 Å². The van der Waals surface area contributed by atoms with E-state index in [1.165, 1.54) is 0 Å². The van der Waals surface area contributed by atoms with Gasteiger partial charge in [-0.05, 0) is 67.6 Å². The second-order valence-electron chi connectivity index (χ2n) is 7.40. The molecule has 18 heavy (non-hydrogen) atoms. The Labute approximate surface area is 109 Å². The molecule has 0 spiro atoms. The fourth-order valence-corrected chi connectivity index (χ4v) is 5.36. The Hall–Kier alpha value is -0.120. The minimum atomic E-state index is -0.571. The zero-order valence-corrected chi connectivity index (χ0v) is 11.5. The maximum absolute atomic E-state index is 10.7. The van der Waals surface area contributed by atoms with Crippen LogP contribution < -0.4 is 0 Å². The van der Waals surface area contributed by atoms with Crippen LogP contribution in [0.1, 0.15) is 39.5 Å². The molecule has 3 fully saturated rings. The first kappa shape index (κ1) is 12.9. The lowest BCUT2D eigenvalue weighted by Crippen LogP contribution is -2.39. The van der Waals surface area contributed by atoms with Crippen LogP contribution in [-0.2, 0) is 0 Å². The van der Waals surface area contributed by atoms with Gasteiger partial charge in [-0.2, -0.15) is 0 Å². The second kappa shape index (κ2) is 3.94. The summed E-state index contributed by atoms with van der Waals surface area (Å²) < 4.78 is 0. The van der Waals surface area contributed by atoms with E-state index in [1.807, 2.05) is 6.92 Å². The van der Waals surface area contributed by atoms with E-state index in [-0.39, 0.29) is 18.6 Å². The van der Waals surface area contributed by atoms with Gasteiger partial charge >= 0.3 is 0 Å². The standard InChI is InChI=1S/C15H26O3/c1-14(8-17)11-5-6-15(2,18)10-4-3-9(7-16)12(10)13(11)14/h9-13,16-18H,3-8H2,1-2H3/t9-,10-,11+,12+,13+,14-,15-/m1/s1. The van der Waals surface area contributed by atoms with E-state index in [2.05, 4.69) is 6.92 Å². The van der Waals surface area contributed by atoms with Gasteiger partial charge in [0.15, 0.2) is 0 Å². The maximum Gasteiger partial charge on any atom is 0.0650 e. The lowest BCUT2D eigenvalue weighted by atomic mass is 9.74. The van der Waals surface area contributed by atoms with Crippen LogP contribution in [-0.4, -0.2) is 34.1 Å². The number of hydrogen-bond donors (Lipinski definition) is 3. The first-order valence-electron chi connectivity index (χ1n) is 7.40. The average Bonchev–Trinajstić information content (AvgIpc) is 2.75. The van der Waals surface area contributed by atoms with Gasteiger partial charge in [0, 0.05) is 13.2 Å². The molecule has 7 atom stereocenters. The highest BCUT2D eigenvalue weighted by molar-refractivity contribution is 5.16. The average molecular weight is 254 g/mol. The molecule has 0 heterocycles. The van der Waals surface area contributed by atoms with E-state index in [0.717, 1.165) is 25.7 Å². The van der Waals surface area contributed by atoms with Gasteiger partial charge in [-0.1, -0.05) is 6.92 Å². The van der Waals surface area contributed by atoms with Crippen molar-refractivity contribution < 1.29 is 15.3 Å². The van der Waals surface area contributed by atoms with Gasteiger partial charge in [0.05, 0.1) is 5.60 Å². The summed E-state index contributed by atoms with van der Waals surface area (Å²) in [6, 6.07) is 0. The fourth-order valence-electron chi connectivity index (χ4n) is 5.36. The predicted molar refractivity (Wildman–Crippen MR) is 68.8 cm³/mol. The van der Waals surface area contributed by atoms with Crippen LogP contribution in [0.25, 0.3) is 0 Å². The smallest absolute Gasteiger partial charge is 0.0650 e. The molecule has 3 rings (SSSR count). The first-order valence-corrected chi connectivity index (χ1v) is 7.40. The third-order valence-corrected chi connectivity index (χ3v) is 6.54. The van der Waals surface area contributed by atoms with Gasteiger partial charge < -0.3 is 15.3 Å². The van der Waals surface area contributed by atoms with Crippen molar-refractivity contribution >= 4 is 0 Å². The normalized spacial score (nSPS) is 58.8. The molecule has 0 bridgehead atoms. The number of aliphatic hydroxyl groups excluding tert-OH is 2. The van der Waals surface area contributed by atoms with Gasteiger partial charge in [-0.15, -0.1) is 0 Å². The van der Waals surface area contributed by atoms with E-state index < -0.39 is 5.60 Å². The number of aliphatic hydroxyl groups is 3. The second-order valence-corrected chi connectivity index (χ2v) is 7.40. The molecule has 0 saturated heterocycles. The van der Waals surface area contributed by atoms with Crippen molar-refractivity contribution in [3.8, 4) is 0 Å². The highest BCUT2D eigenvalue weighted by Gasteiger charge is 2.68. The minimum Gasteiger partial charge on any atom is -0.396 e.